The van der Waals surface area contributed by atoms with Crippen molar-refractivity contribution in [1.29, 1.82) is 0 Å². The summed E-state index contributed by atoms with van der Waals surface area (Å²) in [5.41, 5.74) is 10.2. The van der Waals surface area contributed by atoms with Crippen LogP contribution in [0.25, 0.3) is 83.5 Å². The summed E-state index contributed by atoms with van der Waals surface area (Å²) < 4.78 is 8.54. The number of fused-ring (bicyclic) bond motifs is 9. The summed E-state index contributed by atoms with van der Waals surface area (Å²) >= 11 is 0. The Morgan fingerprint density at radius 3 is 2.38 bits per heavy atom. The first-order valence-corrected chi connectivity index (χ1v) is 13.2. The highest BCUT2D eigenvalue weighted by Crippen LogP contribution is 2.38. The summed E-state index contributed by atoms with van der Waals surface area (Å²) in [6, 6.07) is 37.2. The van der Waals surface area contributed by atoms with Crippen LogP contribution in [0, 0.1) is 6.08 Å². The third-order valence-electron chi connectivity index (χ3n) is 8.07. The number of H-pyrrole nitrogens is 1. The lowest BCUT2D eigenvalue weighted by Crippen LogP contribution is -1.93. The Bertz CT molecular complexity index is 2340. The van der Waals surface area contributed by atoms with Gasteiger partial charge in [-0.05, 0) is 65.7 Å². The van der Waals surface area contributed by atoms with E-state index in [2.05, 4.69) is 125 Å². The van der Waals surface area contributed by atoms with Crippen LogP contribution in [-0.2, 0) is 0 Å². The fourth-order valence-corrected chi connectivity index (χ4v) is 6.26. The fourth-order valence-electron chi connectivity index (χ4n) is 6.26. The van der Waals surface area contributed by atoms with Gasteiger partial charge >= 0.3 is 0 Å². The molecule has 39 heavy (non-hydrogen) atoms. The third kappa shape index (κ3) is 2.91. The van der Waals surface area contributed by atoms with Crippen molar-refractivity contribution in [3.05, 3.63) is 127 Å². The van der Waals surface area contributed by atoms with Crippen molar-refractivity contribution in [2.24, 2.45) is 0 Å². The van der Waals surface area contributed by atoms with Crippen molar-refractivity contribution in [1.82, 2.24) is 9.55 Å². The van der Waals surface area contributed by atoms with E-state index in [1.807, 2.05) is 12.2 Å². The Morgan fingerprint density at radius 1 is 0.615 bits per heavy atom. The highest BCUT2D eigenvalue weighted by molar-refractivity contribution is 6.12. The number of rotatable bonds is 2. The maximum Gasteiger partial charge on any atom is 0.250 e. The van der Waals surface area contributed by atoms with E-state index in [0.717, 1.165) is 44.6 Å². The molecule has 0 aliphatic heterocycles. The highest BCUT2D eigenvalue weighted by atomic mass is 16.3. The Morgan fingerprint density at radius 2 is 1.41 bits per heavy atom. The van der Waals surface area contributed by atoms with Crippen LogP contribution in [0.5, 0.6) is 0 Å². The van der Waals surface area contributed by atoms with Crippen LogP contribution in [0.1, 0.15) is 11.3 Å². The lowest BCUT2D eigenvalue weighted by atomic mass is 10.00. The van der Waals surface area contributed by atoms with Crippen LogP contribution < -0.4 is 0 Å². The standard InChI is InChI=1S/C36H21N2O/c1-4-10-31-25(7-1)29-21-24(15-17-32(29)37-31)38-33-11-5-2-8-26(33)30-19-22(14-18-34(30)38)23-13-16-28-27-9-3-6-12-35(27)39-36(28)20-23/h1-5,7-21,37H/q+1. The van der Waals surface area contributed by atoms with Gasteiger partial charge in [0, 0.05) is 44.3 Å². The number of hydrogen-bond donors (Lipinski definition) is 1. The van der Waals surface area contributed by atoms with E-state index >= 15 is 0 Å². The molecule has 0 spiro atoms. The van der Waals surface area contributed by atoms with Crippen LogP contribution >= 0.6 is 0 Å². The molecule has 8 aromatic rings. The van der Waals surface area contributed by atoms with Crippen molar-refractivity contribution >= 4 is 66.7 Å². The van der Waals surface area contributed by atoms with E-state index in [-0.39, 0.29) is 0 Å². The van der Waals surface area contributed by atoms with Gasteiger partial charge in [-0.2, -0.15) is 0 Å². The SMILES string of the molecule is [C+]1=Cc2oc3cc(-c4ccc5c(c4)c4ccccc4n5-c4ccc5[nH]c6ccccc6c5c4)ccc3c2C=C1. The van der Waals surface area contributed by atoms with E-state index in [9.17, 15) is 0 Å². The highest BCUT2D eigenvalue weighted by Gasteiger charge is 2.20. The number of nitrogens with zero attached hydrogens (tertiary/aromatic N) is 1. The Balaban J connectivity index is 1.25. The zero-order chi connectivity index (χ0) is 25.5. The molecule has 0 bridgehead atoms. The first-order valence-electron chi connectivity index (χ1n) is 13.2. The van der Waals surface area contributed by atoms with Crippen molar-refractivity contribution in [2.75, 3.05) is 0 Å². The summed E-state index contributed by atoms with van der Waals surface area (Å²) in [6.07, 6.45) is 9.02. The summed E-state index contributed by atoms with van der Waals surface area (Å²) in [6.45, 7) is 0. The largest absolute Gasteiger partial charge is 0.396 e. The Kier molecular flexibility index (Phi) is 4.02. The maximum absolute atomic E-state index is 6.16. The molecule has 1 aliphatic rings. The summed E-state index contributed by atoms with van der Waals surface area (Å²) in [7, 11) is 0. The molecule has 1 aliphatic carbocycles. The van der Waals surface area contributed by atoms with Gasteiger partial charge in [-0.25, -0.2) is 0 Å². The molecule has 3 heteroatoms. The summed E-state index contributed by atoms with van der Waals surface area (Å²) in [4.78, 5) is 3.55. The molecule has 0 fully saturated rings. The minimum Gasteiger partial charge on any atom is -0.396 e. The van der Waals surface area contributed by atoms with Gasteiger partial charge in [0.25, 0.3) is 0 Å². The van der Waals surface area contributed by atoms with Crippen molar-refractivity contribution in [3.8, 4) is 16.8 Å². The number of benzene rings is 5. The summed E-state index contributed by atoms with van der Waals surface area (Å²) in [5, 5.41) is 6.10. The maximum atomic E-state index is 6.16. The molecule has 5 aromatic carbocycles. The van der Waals surface area contributed by atoms with Crippen LogP contribution in [0.3, 0.4) is 0 Å². The molecule has 3 aromatic heterocycles. The number of nitrogens with one attached hydrogen (secondary N) is 1. The van der Waals surface area contributed by atoms with E-state index in [1.165, 1.54) is 38.1 Å². The molecule has 0 atom stereocenters. The number of aromatic nitrogens is 2. The smallest absolute Gasteiger partial charge is 0.250 e. The Labute approximate surface area is 223 Å². The van der Waals surface area contributed by atoms with Gasteiger partial charge in [-0.1, -0.05) is 48.5 Å². The molecular weight excluding hydrogens is 476 g/mol. The molecule has 3 heterocycles. The number of para-hydroxylation sites is 2. The molecule has 3 nitrogen and oxygen atoms in total. The van der Waals surface area contributed by atoms with Crippen molar-refractivity contribution in [3.63, 3.8) is 0 Å². The predicted octanol–water partition coefficient (Wildman–Crippen LogP) is 9.67. The number of aromatic amines is 1. The fraction of sp³-hybridized carbons (Fsp3) is 0. The first kappa shape index (κ1) is 20.7. The van der Waals surface area contributed by atoms with Crippen LogP contribution in [0.15, 0.2) is 114 Å². The molecule has 0 unspecified atom stereocenters. The van der Waals surface area contributed by atoms with E-state index in [0.29, 0.717) is 0 Å². The minimum atomic E-state index is 0.871. The molecule has 0 amide bonds. The Hall–Kier alpha value is -5.37. The second-order valence-corrected chi connectivity index (χ2v) is 10.2. The van der Waals surface area contributed by atoms with E-state index in [1.54, 1.807) is 0 Å². The van der Waals surface area contributed by atoms with Gasteiger partial charge in [-0.15, -0.1) is 0 Å². The van der Waals surface area contributed by atoms with Gasteiger partial charge in [0.2, 0.25) is 5.76 Å². The number of furan rings is 1. The summed E-state index contributed by atoms with van der Waals surface area (Å²) in [5.74, 6) is 0.871. The van der Waals surface area contributed by atoms with Crippen molar-refractivity contribution < 1.29 is 4.42 Å². The topological polar surface area (TPSA) is 33.9 Å². The molecular formula is C36H21N2O+. The quantitative estimate of drug-likeness (QED) is 0.237. The molecule has 180 valence electrons. The molecule has 0 saturated heterocycles. The molecule has 1 N–H and O–H groups in total. The van der Waals surface area contributed by atoms with Gasteiger partial charge in [0.1, 0.15) is 17.7 Å². The lowest BCUT2D eigenvalue weighted by Gasteiger charge is -2.09. The number of allylic oxidation sites excluding steroid dienone is 2. The average molecular weight is 498 g/mol. The lowest BCUT2D eigenvalue weighted by molar-refractivity contribution is 0.603. The van der Waals surface area contributed by atoms with Crippen LogP contribution in [-0.4, -0.2) is 9.55 Å². The van der Waals surface area contributed by atoms with E-state index < -0.39 is 0 Å². The predicted molar refractivity (Wildman–Crippen MR) is 162 cm³/mol. The minimum absolute atomic E-state index is 0.871. The van der Waals surface area contributed by atoms with Gasteiger partial charge < -0.3 is 14.0 Å². The van der Waals surface area contributed by atoms with Gasteiger partial charge in [-0.3, -0.25) is 0 Å². The van der Waals surface area contributed by atoms with Crippen LogP contribution in [0.4, 0.5) is 0 Å². The number of hydrogen-bond acceptors (Lipinski definition) is 1. The third-order valence-corrected chi connectivity index (χ3v) is 8.07. The van der Waals surface area contributed by atoms with Gasteiger partial charge in [0.15, 0.2) is 5.58 Å². The normalized spacial score (nSPS) is 12.7. The van der Waals surface area contributed by atoms with E-state index in [4.69, 9.17) is 4.42 Å². The first-order chi connectivity index (χ1) is 19.3. The van der Waals surface area contributed by atoms with Crippen LogP contribution in [0.2, 0.25) is 0 Å². The molecule has 0 saturated carbocycles. The van der Waals surface area contributed by atoms with Crippen molar-refractivity contribution in [2.45, 2.75) is 0 Å². The molecule has 9 rings (SSSR count). The monoisotopic (exact) mass is 497 g/mol. The zero-order valence-electron chi connectivity index (χ0n) is 20.9. The zero-order valence-corrected chi connectivity index (χ0v) is 20.9. The second-order valence-electron chi connectivity index (χ2n) is 10.2. The second kappa shape index (κ2) is 7.58. The van der Waals surface area contributed by atoms with Gasteiger partial charge in [0.05, 0.1) is 22.5 Å². The average Bonchev–Trinajstić information content (AvgIpc) is 3.65. The molecule has 0 radical (unpaired) electrons.